The van der Waals surface area contributed by atoms with Crippen LogP contribution in [0.2, 0.25) is 0 Å². The van der Waals surface area contributed by atoms with Gasteiger partial charge in [-0.3, -0.25) is 9.69 Å². The van der Waals surface area contributed by atoms with Gasteiger partial charge in [0.15, 0.2) is 0 Å². The summed E-state index contributed by atoms with van der Waals surface area (Å²) in [6.45, 7) is 5.74. The molecule has 0 saturated carbocycles. The normalized spacial score (nSPS) is 19.5. The number of hydrogen-bond acceptors (Lipinski definition) is 4. The van der Waals surface area contributed by atoms with Crippen molar-refractivity contribution in [3.63, 3.8) is 0 Å². The summed E-state index contributed by atoms with van der Waals surface area (Å²) in [6.07, 6.45) is 3.04. The fourth-order valence-electron chi connectivity index (χ4n) is 4.93. The number of anilines is 1. The topological polar surface area (TPSA) is 58.0 Å². The van der Waals surface area contributed by atoms with Crippen LogP contribution in [0.1, 0.15) is 18.9 Å². The van der Waals surface area contributed by atoms with Crippen LogP contribution < -0.4 is 9.64 Å². The number of urea groups is 1. The number of amides is 3. The van der Waals surface area contributed by atoms with Gasteiger partial charge in [0.25, 0.3) is 5.91 Å². The zero-order valence-corrected chi connectivity index (χ0v) is 18.5. The lowest BCUT2D eigenvalue weighted by molar-refractivity contribution is -0.120. The molecule has 2 fully saturated rings. The van der Waals surface area contributed by atoms with Crippen LogP contribution in [-0.2, 0) is 17.9 Å². The van der Waals surface area contributed by atoms with Gasteiger partial charge in [-0.15, -0.1) is 0 Å². The van der Waals surface area contributed by atoms with Crippen molar-refractivity contribution in [2.24, 2.45) is 0 Å². The number of carbonyl (C=O) groups is 2. The number of methoxy groups -OCH3 is 1. The van der Waals surface area contributed by atoms with Crippen molar-refractivity contribution in [2.75, 3.05) is 31.6 Å². The molecule has 2 saturated heterocycles. The van der Waals surface area contributed by atoms with Crippen molar-refractivity contribution < 1.29 is 14.3 Å². The number of benzene rings is 2. The molecule has 0 aliphatic carbocycles. The lowest BCUT2D eigenvalue weighted by atomic mass is 10.1. The maximum atomic E-state index is 13.3. The van der Waals surface area contributed by atoms with Crippen LogP contribution in [0.15, 0.2) is 54.7 Å². The van der Waals surface area contributed by atoms with E-state index in [4.69, 9.17) is 4.74 Å². The molecule has 0 N–H and O–H groups in total. The molecule has 0 radical (unpaired) electrons. The molecule has 1 unspecified atom stereocenters. The van der Waals surface area contributed by atoms with Crippen LogP contribution in [0.5, 0.6) is 5.75 Å². The van der Waals surface area contributed by atoms with E-state index >= 15 is 0 Å². The van der Waals surface area contributed by atoms with Crippen molar-refractivity contribution in [3.8, 4) is 5.75 Å². The van der Waals surface area contributed by atoms with Gasteiger partial charge < -0.3 is 14.2 Å². The summed E-state index contributed by atoms with van der Waals surface area (Å²) in [5, 5.41) is 1.17. The third-order valence-electron chi connectivity index (χ3n) is 6.54. The Bertz CT molecular complexity index is 1160. The average Bonchev–Trinajstić information content (AvgIpc) is 3.16. The Labute approximate surface area is 187 Å². The lowest BCUT2D eigenvalue weighted by Crippen LogP contribution is -2.41. The summed E-state index contributed by atoms with van der Waals surface area (Å²) in [5.74, 6) is 0.704. The Morgan fingerprint density at radius 1 is 1.06 bits per heavy atom. The molecular weight excluding hydrogens is 404 g/mol. The molecular formula is C25H28N4O3. The van der Waals surface area contributed by atoms with Gasteiger partial charge in [0.1, 0.15) is 11.8 Å². The molecule has 32 heavy (non-hydrogen) atoms. The van der Waals surface area contributed by atoms with Gasteiger partial charge in [-0.2, -0.15) is 0 Å². The highest BCUT2D eigenvalue weighted by Gasteiger charge is 2.47. The van der Waals surface area contributed by atoms with Crippen LogP contribution in [0, 0.1) is 0 Å². The number of fused-ring (bicyclic) bond motifs is 2. The SMILES string of the molecule is CCn1cc(CN2CCCN3C(=O)N(c4ccccc4)C(=O)C3C2)c2cc(OC)ccc21. The Morgan fingerprint density at radius 2 is 1.88 bits per heavy atom. The minimum atomic E-state index is -0.445. The maximum absolute atomic E-state index is 13.3. The van der Waals surface area contributed by atoms with E-state index in [1.54, 1.807) is 12.0 Å². The Balaban J connectivity index is 1.41. The fraction of sp³-hybridized carbons (Fsp3) is 0.360. The van der Waals surface area contributed by atoms with Crippen molar-refractivity contribution in [1.29, 1.82) is 0 Å². The van der Waals surface area contributed by atoms with E-state index in [2.05, 4.69) is 34.7 Å². The highest BCUT2D eigenvalue weighted by molar-refractivity contribution is 6.21. The van der Waals surface area contributed by atoms with Crippen LogP contribution >= 0.6 is 0 Å². The molecule has 166 valence electrons. The molecule has 0 spiro atoms. The summed E-state index contributed by atoms with van der Waals surface area (Å²) in [7, 11) is 1.68. The molecule has 3 heterocycles. The average molecular weight is 433 g/mol. The van der Waals surface area contributed by atoms with Crippen LogP contribution in [-0.4, -0.2) is 59.1 Å². The van der Waals surface area contributed by atoms with Crippen molar-refractivity contribution in [1.82, 2.24) is 14.4 Å². The number of hydrogen-bond donors (Lipinski definition) is 0. The maximum Gasteiger partial charge on any atom is 0.332 e. The van der Waals surface area contributed by atoms with Gasteiger partial charge in [-0.1, -0.05) is 18.2 Å². The molecule has 3 aromatic rings. The van der Waals surface area contributed by atoms with Gasteiger partial charge >= 0.3 is 6.03 Å². The van der Waals surface area contributed by atoms with Gasteiger partial charge in [0, 0.05) is 49.8 Å². The molecule has 3 amide bonds. The van der Waals surface area contributed by atoms with E-state index in [0.29, 0.717) is 18.8 Å². The van der Waals surface area contributed by atoms with E-state index < -0.39 is 6.04 Å². The molecule has 2 aromatic carbocycles. The van der Waals surface area contributed by atoms with Gasteiger partial charge in [-0.25, -0.2) is 9.69 Å². The number of aromatic nitrogens is 1. The summed E-state index contributed by atoms with van der Waals surface area (Å²) in [5.41, 5.74) is 3.04. The highest BCUT2D eigenvalue weighted by atomic mass is 16.5. The molecule has 5 rings (SSSR count). The smallest absolute Gasteiger partial charge is 0.332 e. The van der Waals surface area contributed by atoms with Crippen molar-refractivity contribution in [3.05, 3.63) is 60.3 Å². The molecule has 7 heteroatoms. The summed E-state index contributed by atoms with van der Waals surface area (Å²) < 4.78 is 7.70. The molecule has 2 aliphatic rings. The number of rotatable bonds is 5. The van der Waals surface area contributed by atoms with Crippen LogP contribution in [0.25, 0.3) is 10.9 Å². The Kier molecular flexibility index (Phi) is 5.35. The Hall–Kier alpha value is -3.32. The number of para-hydroxylation sites is 1. The van der Waals surface area contributed by atoms with Gasteiger partial charge in [0.05, 0.1) is 12.8 Å². The fourth-order valence-corrected chi connectivity index (χ4v) is 4.93. The molecule has 0 bridgehead atoms. The molecule has 2 aliphatic heterocycles. The van der Waals surface area contributed by atoms with E-state index in [9.17, 15) is 9.59 Å². The number of ether oxygens (including phenoxy) is 1. The summed E-state index contributed by atoms with van der Waals surface area (Å²) in [6, 6.07) is 14.7. The predicted molar refractivity (Wildman–Crippen MR) is 124 cm³/mol. The van der Waals surface area contributed by atoms with Gasteiger partial charge in [0.2, 0.25) is 0 Å². The van der Waals surface area contributed by atoms with E-state index in [1.165, 1.54) is 21.4 Å². The van der Waals surface area contributed by atoms with Crippen LogP contribution in [0.3, 0.4) is 0 Å². The summed E-state index contributed by atoms with van der Waals surface area (Å²) >= 11 is 0. The third-order valence-corrected chi connectivity index (χ3v) is 6.54. The lowest BCUT2D eigenvalue weighted by Gasteiger charge is -2.23. The highest BCUT2D eigenvalue weighted by Crippen LogP contribution is 2.30. The molecule has 7 nitrogen and oxygen atoms in total. The monoisotopic (exact) mass is 432 g/mol. The van der Waals surface area contributed by atoms with Gasteiger partial charge in [-0.05, 0) is 49.2 Å². The molecule has 1 atom stereocenters. The van der Waals surface area contributed by atoms with Crippen molar-refractivity contribution >= 4 is 28.5 Å². The number of imide groups is 1. The summed E-state index contributed by atoms with van der Waals surface area (Å²) in [4.78, 5) is 31.7. The Morgan fingerprint density at radius 3 is 2.62 bits per heavy atom. The second-order valence-electron chi connectivity index (χ2n) is 8.41. The minimum Gasteiger partial charge on any atom is -0.497 e. The zero-order valence-electron chi connectivity index (χ0n) is 18.5. The number of nitrogens with zero attached hydrogens (tertiary/aromatic N) is 4. The number of aryl methyl sites for hydroxylation is 1. The third kappa shape index (κ3) is 3.42. The number of carbonyl (C=O) groups excluding carboxylic acids is 2. The first kappa shape index (κ1) is 20.6. The first-order valence-electron chi connectivity index (χ1n) is 11.2. The predicted octanol–water partition coefficient (Wildman–Crippen LogP) is 3.71. The standard InChI is InChI=1S/C25H28N4O3/c1-3-27-16-18(21-14-20(32-2)10-11-22(21)27)15-26-12-7-13-28-23(17-26)24(30)29(25(28)31)19-8-5-4-6-9-19/h4-6,8-11,14,16,23H,3,7,12-13,15,17H2,1-2H3. The molecule has 1 aromatic heterocycles. The first-order valence-corrected chi connectivity index (χ1v) is 11.2. The largest absolute Gasteiger partial charge is 0.497 e. The van der Waals surface area contributed by atoms with Crippen LogP contribution in [0.4, 0.5) is 10.5 Å². The quantitative estimate of drug-likeness (QED) is 0.577. The van der Waals surface area contributed by atoms with Crippen molar-refractivity contribution in [2.45, 2.75) is 32.5 Å². The second-order valence-corrected chi connectivity index (χ2v) is 8.41. The van der Waals surface area contributed by atoms with E-state index in [-0.39, 0.29) is 11.9 Å². The second kappa shape index (κ2) is 8.31. The minimum absolute atomic E-state index is 0.134. The van der Waals surface area contributed by atoms with E-state index in [1.807, 2.05) is 36.4 Å². The zero-order chi connectivity index (χ0) is 22.2. The van der Waals surface area contributed by atoms with E-state index in [0.717, 1.165) is 31.8 Å². The first-order chi connectivity index (χ1) is 15.6.